The Morgan fingerprint density at radius 2 is 2.00 bits per heavy atom. The van der Waals surface area contributed by atoms with Crippen molar-refractivity contribution in [3.8, 4) is 0 Å². The lowest BCUT2D eigenvalue weighted by atomic mass is 10.9. The van der Waals surface area contributed by atoms with Crippen LogP contribution in [0.2, 0.25) is 0 Å². The average Bonchev–Trinajstić information content (AvgIpc) is 1.38. The summed E-state index contributed by atoms with van der Waals surface area (Å²) in [5.41, 5.74) is 0. The summed E-state index contributed by atoms with van der Waals surface area (Å²) in [4.78, 5) is 11.9. The van der Waals surface area contributed by atoms with Gasteiger partial charge in [-0.25, -0.2) is 4.79 Å². The van der Waals surface area contributed by atoms with Crippen LogP contribution in [0.1, 0.15) is 0 Å². The molecule has 0 heterocycles. The van der Waals surface area contributed by atoms with E-state index in [1.54, 1.807) is 0 Å². The molecular weight excluding hydrogens is 72.0 g/mol. The first-order chi connectivity index (χ1) is 2.27. The van der Waals surface area contributed by atoms with Gasteiger partial charge >= 0.3 is 5.97 Å². The van der Waals surface area contributed by atoms with Gasteiger partial charge in [-0.15, -0.1) is 0 Å². The van der Waals surface area contributed by atoms with E-state index < -0.39 is 5.97 Å². The molecule has 0 spiro atoms. The molecule has 0 N–H and O–H groups in total. The number of rotatable bonds is 0. The summed E-state index contributed by atoms with van der Waals surface area (Å²) in [6, 6.07) is 0. The van der Waals surface area contributed by atoms with E-state index in [0.29, 0.717) is 0 Å². The maximum atomic E-state index is 9.17. The van der Waals surface area contributed by atoms with Gasteiger partial charge in [-0.2, -0.15) is 0 Å². The van der Waals surface area contributed by atoms with E-state index >= 15 is 0 Å². The molecule has 28 valence electrons. The summed E-state index contributed by atoms with van der Waals surface area (Å²) in [6.45, 7) is 2.58. The van der Waals surface area contributed by atoms with Crippen molar-refractivity contribution in [2.75, 3.05) is 0 Å². The maximum absolute atomic E-state index is 9.17. The lowest BCUT2D eigenvalue weighted by molar-refractivity contribution is -0.273. The minimum absolute atomic E-state index is 1.05. The molecule has 5 heavy (non-hydrogen) atoms. The molecule has 0 amide bonds. The maximum Gasteiger partial charge on any atom is 0.346 e. The zero-order valence-corrected chi connectivity index (χ0v) is 2.43. The van der Waals surface area contributed by atoms with E-state index in [-0.39, 0.29) is 0 Å². The second-order valence-electron chi connectivity index (χ2n) is 0.455. The molecule has 0 aliphatic rings. The summed E-state index contributed by atoms with van der Waals surface area (Å²) in [6.07, 6.45) is 0. The third kappa shape index (κ3) is 3.43. The van der Waals surface area contributed by atoms with Crippen LogP contribution in [0.4, 0.5) is 0 Å². The van der Waals surface area contributed by atoms with Crippen LogP contribution in [-0.4, -0.2) is 5.97 Å². The molecule has 0 aliphatic heterocycles. The number of carbonyl (C=O) groups is 1. The van der Waals surface area contributed by atoms with Crippen LogP contribution < -0.4 is 0 Å². The van der Waals surface area contributed by atoms with Crippen molar-refractivity contribution in [2.24, 2.45) is 0 Å². The summed E-state index contributed by atoms with van der Waals surface area (Å²) < 4.78 is 0. The zero-order chi connectivity index (χ0) is 4.28. The molecule has 3 nitrogen and oxygen atoms in total. The van der Waals surface area contributed by atoms with Crippen LogP contribution in [0.3, 0.4) is 0 Å². The Balaban J connectivity index is 2.85. The van der Waals surface area contributed by atoms with E-state index in [9.17, 15) is 0 Å². The van der Waals surface area contributed by atoms with E-state index in [1.165, 1.54) is 0 Å². The van der Waals surface area contributed by atoms with E-state index in [0.717, 1.165) is 0 Å². The Bertz CT molecular complexity index is 40.2. The molecule has 0 aliphatic carbocycles. The molecule has 0 saturated heterocycles. The second kappa shape index (κ2) is 1.72. The fraction of sp³-hybridized carbons (Fsp3) is 0. The highest BCUT2D eigenvalue weighted by molar-refractivity contribution is 5.72. The van der Waals surface area contributed by atoms with E-state index in [1.807, 2.05) is 0 Å². The summed E-state index contributed by atoms with van der Waals surface area (Å²) >= 11 is 0. The van der Waals surface area contributed by atoms with Gasteiger partial charge in [0.2, 0.25) is 0 Å². The van der Waals surface area contributed by atoms with E-state index in [4.69, 9.17) is 10.1 Å². The second-order valence-corrected chi connectivity index (χ2v) is 0.455. The first-order valence-corrected chi connectivity index (χ1v) is 0.928. The van der Waals surface area contributed by atoms with Crippen molar-refractivity contribution < 1.29 is 14.9 Å². The highest BCUT2D eigenvalue weighted by Crippen LogP contribution is 1.60. The molecule has 0 fully saturated rings. The highest BCUT2D eigenvalue weighted by Gasteiger charge is 1.82. The number of carbonyl (C=O) groups excluding carboxylic acids is 1. The van der Waals surface area contributed by atoms with Gasteiger partial charge in [0.05, 0.1) is 6.92 Å². The van der Waals surface area contributed by atoms with Crippen LogP contribution in [0.15, 0.2) is 0 Å². The third-order valence-corrected chi connectivity index (χ3v) is 0.0929. The van der Waals surface area contributed by atoms with Crippen LogP contribution >= 0.6 is 0 Å². The van der Waals surface area contributed by atoms with Crippen molar-refractivity contribution in [3.05, 3.63) is 6.92 Å². The van der Waals surface area contributed by atoms with Gasteiger partial charge in [-0.05, 0) is 0 Å². The Morgan fingerprint density at radius 1 is 1.80 bits per heavy atom. The molecule has 0 bridgehead atoms. The van der Waals surface area contributed by atoms with Crippen LogP contribution in [0, 0.1) is 6.92 Å². The Hall–Kier alpha value is -0.570. The van der Waals surface area contributed by atoms with Gasteiger partial charge in [0.15, 0.2) is 0 Å². The summed E-state index contributed by atoms with van der Waals surface area (Å²) in [7, 11) is 0. The van der Waals surface area contributed by atoms with Crippen LogP contribution in [-0.2, 0) is 14.9 Å². The van der Waals surface area contributed by atoms with Crippen LogP contribution in [0.5, 0.6) is 0 Å². The van der Waals surface area contributed by atoms with Gasteiger partial charge in [0.1, 0.15) is 0 Å². The highest BCUT2D eigenvalue weighted by atomic mass is 17.1. The first-order valence-electron chi connectivity index (χ1n) is 0.928. The fourth-order valence-electron chi connectivity index (χ4n) is 0. The Labute approximate surface area is 29.1 Å². The fourth-order valence-corrected chi connectivity index (χ4v) is 0. The minimum Gasteiger partial charge on any atom is -0.266 e. The summed E-state index contributed by atoms with van der Waals surface area (Å²) in [5, 5.41) is 8.72. The van der Waals surface area contributed by atoms with Gasteiger partial charge in [-0.1, -0.05) is 0 Å². The predicted molar refractivity (Wildman–Crippen MR) is 12.1 cm³/mol. The normalized spacial score (nSPS) is 6.80. The molecular formula is C2H2O3. The van der Waals surface area contributed by atoms with Gasteiger partial charge in [0, 0.05) is 5.26 Å². The Morgan fingerprint density at radius 3 is 2.00 bits per heavy atom. The van der Waals surface area contributed by atoms with Crippen molar-refractivity contribution >= 4 is 5.97 Å². The molecule has 0 aromatic rings. The van der Waals surface area contributed by atoms with Gasteiger partial charge in [-0.3, -0.25) is 4.89 Å². The molecule has 3 heteroatoms. The predicted octanol–water partition coefficient (Wildman–Crippen LogP) is -0.291. The number of hydrogen-bond acceptors (Lipinski definition) is 2. The molecule has 0 rings (SSSR count). The standard InChI is InChI=1S/C2H2O3/c1-2(3)5-4/h1H2. The molecule has 0 aromatic carbocycles. The summed E-state index contributed by atoms with van der Waals surface area (Å²) in [5.74, 6) is -1.05. The zero-order valence-electron chi connectivity index (χ0n) is 2.43. The van der Waals surface area contributed by atoms with Crippen molar-refractivity contribution in [1.82, 2.24) is 0 Å². The smallest absolute Gasteiger partial charge is 0.266 e. The Kier molecular flexibility index (Phi) is 1.53. The largest absolute Gasteiger partial charge is 0.346 e. The minimum atomic E-state index is -1.05. The molecule has 0 atom stereocenters. The molecule has 0 unspecified atom stereocenters. The van der Waals surface area contributed by atoms with Gasteiger partial charge in [0.25, 0.3) is 0 Å². The third-order valence-electron chi connectivity index (χ3n) is 0.0929. The van der Waals surface area contributed by atoms with Crippen molar-refractivity contribution in [3.63, 3.8) is 0 Å². The van der Waals surface area contributed by atoms with Crippen molar-refractivity contribution in [2.45, 2.75) is 0 Å². The monoisotopic (exact) mass is 74.0 g/mol. The molecule has 0 aromatic heterocycles. The lowest BCUT2D eigenvalue weighted by Crippen LogP contribution is -1.88. The van der Waals surface area contributed by atoms with Crippen LogP contribution in [0.25, 0.3) is 0 Å². The van der Waals surface area contributed by atoms with E-state index in [2.05, 4.69) is 11.8 Å². The van der Waals surface area contributed by atoms with Gasteiger partial charge < -0.3 is 0 Å². The molecule has 0 saturated carbocycles. The first kappa shape index (κ1) is 4.43. The average molecular weight is 74.0 g/mol. The molecule has 2 radical (unpaired) electrons. The number of hydrogen-bond donors (Lipinski definition) is 0. The SMILES string of the molecule is [CH2]C(=O)O[O]. The topological polar surface area (TPSA) is 46.2 Å². The lowest BCUT2D eigenvalue weighted by Gasteiger charge is -1.71. The quantitative estimate of drug-likeness (QED) is 0.293. The van der Waals surface area contributed by atoms with Crippen molar-refractivity contribution in [1.29, 1.82) is 0 Å².